The summed E-state index contributed by atoms with van der Waals surface area (Å²) < 4.78 is 5.24. The molecule has 0 radical (unpaired) electrons. The van der Waals surface area contributed by atoms with Gasteiger partial charge < -0.3 is 15.4 Å². The second kappa shape index (κ2) is 7.89. The summed E-state index contributed by atoms with van der Waals surface area (Å²) in [6.07, 6.45) is 1.53. The van der Waals surface area contributed by atoms with Gasteiger partial charge in [-0.2, -0.15) is 0 Å². The smallest absolute Gasteiger partial charge is 0.257 e. The number of aromatic nitrogens is 1. The number of methoxy groups -OCH3 is 1. The first kappa shape index (κ1) is 17.8. The van der Waals surface area contributed by atoms with Crippen molar-refractivity contribution in [3.63, 3.8) is 0 Å². The molecule has 1 aromatic heterocycles. The lowest BCUT2D eigenvalue weighted by Crippen LogP contribution is -2.13. The summed E-state index contributed by atoms with van der Waals surface area (Å²) in [5.41, 5.74) is 2.98. The number of para-hydroxylation sites is 2. The van der Waals surface area contributed by atoms with E-state index in [1.807, 2.05) is 37.3 Å². The number of hydrogen-bond acceptors (Lipinski definition) is 4. The second-order valence-electron chi connectivity index (χ2n) is 5.67. The van der Waals surface area contributed by atoms with Crippen molar-refractivity contribution in [3.8, 4) is 5.75 Å². The van der Waals surface area contributed by atoms with Gasteiger partial charge in [0.05, 0.1) is 18.4 Å². The minimum Gasteiger partial charge on any atom is -0.495 e. The molecular weight excluding hydrogens is 350 g/mol. The molecule has 0 saturated heterocycles. The topological polar surface area (TPSA) is 63.2 Å². The third kappa shape index (κ3) is 4.13. The summed E-state index contributed by atoms with van der Waals surface area (Å²) >= 11 is 5.97. The largest absolute Gasteiger partial charge is 0.495 e. The van der Waals surface area contributed by atoms with E-state index in [4.69, 9.17) is 16.3 Å². The van der Waals surface area contributed by atoms with Gasteiger partial charge in [0.1, 0.15) is 11.6 Å². The normalized spacial score (nSPS) is 10.3. The van der Waals surface area contributed by atoms with E-state index < -0.39 is 0 Å². The van der Waals surface area contributed by atoms with Crippen molar-refractivity contribution in [3.05, 3.63) is 76.9 Å². The summed E-state index contributed by atoms with van der Waals surface area (Å²) in [6.45, 7) is 1.96. The van der Waals surface area contributed by atoms with E-state index in [0.29, 0.717) is 27.8 Å². The van der Waals surface area contributed by atoms with Gasteiger partial charge in [-0.1, -0.05) is 23.7 Å². The van der Waals surface area contributed by atoms with E-state index in [1.54, 1.807) is 31.4 Å². The van der Waals surface area contributed by atoms with Crippen LogP contribution in [0.15, 0.2) is 60.8 Å². The van der Waals surface area contributed by atoms with Crippen LogP contribution in [0.5, 0.6) is 5.75 Å². The van der Waals surface area contributed by atoms with Gasteiger partial charge in [-0.3, -0.25) is 4.79 Å². The zero-order valence-corrected chi connectivity index (χ0v) is 15.2. The van der Waals surface area contributed by atoms with Crippen molar-refractivity contribution in [1.82, 2.24) is 4.98 Å². The molecule has 0 saturated carbocycles. The van der Waals surface area contributed by atoms with E-state index in [9.17, 15) is 4.79 Å². The average molecular weight is 368 g/mol. The number of rotatable bonds is 5. The molecule has 1 heterocycles. The Morgan fingerprint density at radius 1 is 1.08 bits per heavy atom. The fourth-order valence-corrected chi connectivity index (χ4v) is 2.68. The quantitative estimate of drug-likeness (QED) is 0.662. The van der Waals surface area contributed by atoms with Gasteiger partial charge in [-0.15, -0.1) is 0 Å². The van der Waals surface area contributed by atoms with Crippen LogP contribution < -0.4 is 15.4 Å². The van der Waals surface area contributed by atoms with Crippen molar-refractivity contribution in [2.75, 3.05) is 17.7 Å². The van der Waals surface area contributed by atoms with Gasteiger partial charge in [0.25, 0.3) is 5.91 Å². The predicted octanol–water partition coefficient (Wildman–Crippen LogP) is 5.05. The van der Waals surface area contributed by atoms with Crippen LogP contribution in [-0.4, -0.2) is 18.0 Å². The van der Waals surface area contributed by atoms with E-state index in [1.165, 1.54) is 6.20 Å². The highest BCUT2D eigenvalue weighted by molar-refractivity contribution is 6.30. The third-order valence-electron chi connectivity index (χ3n) is 3.83. The summed E-state index contributed by atoms with van der Waals surface area (Å²) in [6, 6.07) is 16.3. The molecule has 3 aromatic rings. The van der Waals surface area contributed by atoms with Gasteiger partial charge >= 0.3 is 0 Å². The average Bonchev–Trinajstić information content (AvgIpc) is 2.65. The molecule has 0 aliphatic rings. The first-order valence-electron chi connectivity index (χ1n) is 8.00. The zero-order chi connectivity index (χ0) is 18.5. The van der Waals surface area contributed by atoms with Gasteiger partial charge in [0.15, 0.2) is 0 Å². The minimum atomic E-state index is -0.253. The van der Waals surface area contributed by atoms with E-state index in [0.717, 1.165) is 11.3 Å². The van der Waals surface area contributed by atoms with Crippen molar-refractivity contribution in [2.24, 2.45) is 0 Å². The summed E-state index contributed by atoms with van der Waals surface area (Å²) in [7, 11) is 1.56. The molecule has 26 heavy (non-hydrogen) atoms. The molecule has 0 spiro atoms. The standard InChI is InChI=1S/C20H18ClN3O2/c1-13-11-15(21)8-9-16(13)23-19-10-7-14(12-22-19)20(25)24-17-5-3-4-6-18(17)26-2/h3-12H,1-2H3,(H,22,23)(H,24,25). The minimum absolute atomic E-state index is 0.253. The molecule has 0 aliphatic carbocycles. The Balaban J connectivity index is 1.71. The van der Waals surface area contributed by atoms with Gasteiger partial charge in [0.2, 0.25) is 0 Å². The number of nitrogens with zero attached hydrogens (tertiary/aromatic N) is 1. The molecule has 0 bridgehead atoms. The lowest BCUT2D eigenvalue weighted by atomic mass is 10.2. The van der Waals surface area contributed by atoms with E-state index in [-0.39, 0.29) is 5.91 Å². The summed E-state index contributed by atoms with van der Waals surface area (Å²) in [5.74, 6) is 0.991. The van der Waals surface area contributed by atoms with E-state index in [2.05, 4.69) is 15.6 Å². The highest BCUT2D eigenvalue weighted by Crippen LogP contribution is 2.25. The number of hydrogen-bond donors (Lipinski definition) is 2. The van der Waals surface area contributed by atoms with Crippen LogP contribution in [0, 0.1) is 6.92 Å². The van der Waals surface area contributed by atoms with Crippen molar-refractivity contribution < 1.29 is 9.53 Å². The highest BCUT2D eigenvalue weighted by atomic mass is 35.5. The van der Waals surface area contributed by atoms with Gasteiger partial charge in [-0.05, 0) is 55.0 Å². The van der Waals surface area contributed by atoms with Crippen LogP contribution >= 0.6 is 11.6 Å². The second-order valence-corrected chi connectivity index (χ2v) is 6.11. The van der Waals surface area contributed by atoms with Crippen LogP contribution in [0.3, 0.4) is 0 Å². The van der Waals surface area contributed by atoms with Crippen LogP contribution in [-0.2, 0) is 0 Å². The van der Waals surface area contributed by atoms with Crippen LogP contribution in [0.1, 0.15) is 15.9 Å². The van der Waals surface area contributed by atoms with Crippen LogP contribution in [0.25, 0.3) is 0 Å². The number of ether oxygens (including phenoxy) is 1. The molecule has 6 heteroatoms. The lowest BCUT2D eigenvalue weighted by molar-refractivity contribution is 0.102. The first-order chi connectivity index (χ1) is 12.6. The number of benzene rings is 2. The van der Waals surface area contributed by atoms with Gasteiger partial charge in [-0.25, -0.2) is 4.98 Å². The maximum atomic E-state index is 12.4. The Hall–Kier alpha value is -3.05. The number of aryl methyl sites for hydroxylation is 1. The molecule has 2 aromatic carbocycles. The number of nitrogens with one attached hydrogen (secondary N) is 2. The van der Waals surface area contributed by atoms with Crippen LogP contribution in [0.4, 0.5) is 17.2 Å². The number of anilines is 3. The maximum absolute atomic E-state index is 12.4. The summed E-state index contributed by atoms with van der Waals surface area (Å²) in [4.78, 5) is 16.7. The van der Waals surface area contributed by atoms with Crippen molar-refractivity contribution in [2.45, 2.75) is 6.92 Å². The Labute approximate surface area is 157 Å². The number of pyridine rings is 1. The lowest BCUT2D eigenvalue weighted by Gasteiger charge is -2.11. The maximum Gasteiger partial charge on any atom is 0.257 e. The fourth-order valence-electron chi connectivity index (χ4n) is 2.45. The molecule has 0 aliphatic heterocycles. The van der Waals surface area contributed by atoms with Gasteiger partial charge in [0, 0.05) is 16.9 Å². The molecule has 0 atom stereocenters. The highest BCUT2D eigenvalue weighted by Gasteiger charge is 2.10. The molecule has 3 rings (SSSR count). The molecule has 132 valence electrons. The van der Waals surface area contributed by atoms with Crippen molar-refractivity contribution in [1.29, 1.82) is 0 Å². The van der Waals surface area contributed by atoms with E-state index >= 15 is 0 Å². The Morgan fingerprint density at radius 2 is 1.88 bits per heavy atom. The molecule has 0 unspecified atom stereocenters. The third-order valence-corrected chi connectivity index (χ3v) is 4.07. The molecular formula is C20H18ClN3O2. The van der Waals surface area contributed by atoms with Crippen LogP contribution in [0.2, 0.25) is 5.02 Å². The molecule has 5 nitrogen and oxygen atoms in total. The Kier molecular flexibility index (Phi) is 5.39. The zero-order valence-electron chi connectivity index (χ0n) is 14.4. The predicted molar refractivity (Wildman–Crippen MR) is 105 cm³/mol. The molecule has 0 fully saturated rings. The number of carbonyl (C=O) groups excluding carboxylic acids is 1. The Bertz CT molecular complexity index is 927. The SMILES string of the molecule is COc1ccccc1NC(=O)c1ccc(Nc2ccc(Cl)cc2C)nc1. The number of carbonyl (C=O) groups is 1. The van der Waals surface area contributed by atoms with Crippen molar-refractivity contribution >= 4 is 34.7 Å². The Morgan fingerprint density at radius 3 is 2.58 bits per heavy atom. The monoisotopic (exact) mass is 367 g/mol. The molecule has 2 N–H and O–H groups in total. The number of halogens is 1. The fraction of sp³-hybridized carbons (Fsp3) is 0.100. The number of amides is 1. The summed E-state index contributed by atoms with van der Waals surface area (Å²) in [5, 5.41) is 6.72. The molecule has 1 amide bonds. The first-order valence-corrected chi connectivity index (χ1v) is 8.38.